The van der Waals surface area contributed by atoms with Crippen LogP contribution < -0.4 is 11.5 Å². The molecule has 0 atom stereocenters. The van der Waals surface area contributed by atoms with Crippen LogP contribution in [-0.4, -0.2) is 6.79 Å². The average Bonchev–Trinajstić information content (AvgIpc) is 2.00. The number of nitrogen functional groups attached to an aromatic ring is 2. The summed E-state index contributed by atoms with van der Waals surface area (Å²) in [5.41, 5.74) is 12.1. The van der Waals surface area contributed by atoms with Gasteiger partial charge in [-0.25, -0.2) is 0 Å². The molecule has 1 aromatic rings. The van der Waals surface area contributed by atoms with E-state index in [0.29, 0.717) is 11.4 Å². The van der Waals surface area contributed by atoms with E-state index < -0.39 is 0 Å². The molecule has 0 unspecified atom stereocenters. The molecular formula is C7H10N2OZn. The van der Waals surface area contributed by atoms with Crippen LogP contribution in [0.3, 0.4) is 0 Å². The smallest absolute Gasteiger partial charge is 0.106 e. The Morgan fingerprint density at radius 2 is 1.27 bits per heavy atom. The van der Waals surface area contributed by atoms with Gasteiger partial charge in [0.05, 0.1) is 11.4 Å². The molecule has 1 rings (SSSR count). The molecule has 0 aliphatic carbocycles. The number of rotatable bonds is 0. The summed E-state index contributed by atoms with van der Waals surface area (Å²) in [4.78, 5) is 8.00. The van der Waals surface area contributed by atoms with Crippen LogP contribution >= 0.6 is 0 Å². The zero-order valence-electron chi connectivity index (χ0n) is 6.29. The fraction of sp³-hybridized carbons (Fsp3) is 0. The van der Waals surface area contributed by atoms with Crippen LogP contribution in [-0.2, 0) is 24.3 Å². The predicted molar refractivity (Wildman–Crippen MR) is 42.4 cm³/mol. The predicted octanol–water partition coefficient (Wildman–Crippen LogP) is 0.664. The second-order valence-electron chi connectivity index (χ2n) is 1.63. The molecule has 0 aliphatic rings. The summed E-state index contributed by atoms with van der Waals surface area (Å²) in [6.07, 6.45) is 0. The van der Waals surface area contributed by atoms with E-state index in [0.717, 1.165) is 0 Å². The van der Waals surface area contributed by atoms with Crippen molar-refractivity contribution in [2.75, 3.05) is 11.5 Å². The van der Waals surface area contributed by atoms with Gasteiger partial charge in [0, 0.05) is 19.5 Å². The summed E-state index contributed by atoms with van der Waals surface area (Å²) in [5, 5.41) is 0. The molecule has 0 spiro atoms. The third kappa shape index (κ3) is 4.51. The number of benzene rings is 1. The first-order valence-corrected chi connectivity index (χ1v) is 2.69. The van der Waals surface area contributed by atoms with Gasteiger partial charge in [-0.2, -0.15) is 0 Å². The number of carbonyl (C=O) groups is 1. The van der Waals surface area contributed by atoms with Gasteiger partial charge in [0.2, 0.25) is 0 Å². The first-order chi connectivity index (χ1) is 4.80. The first kappa shape index (κ1) is 12.8. The van der Waals surface area contributed by atoms with Crippen LogP contribution in [0.4, 0.5) is 11.4 Å². The molecule has 56 valence electrons. The monoisotopic (exact) mass is 202 g/mol. The number of anilines is 2. The van der Waals surface area contributed by atoms with Crippen molar-refractivity contribution < 1.29 is 24.3 Å². The third-order valence-corrected chi connectivity index (χ3v) is 0.996. The molecule has 11 heavy (non-hydrogen) atoms. The first-order valence-electron chi connectivity index (χ1n) is 2.69. The Hall–Kier alpha value is -0.887. The zero-order chi connectivity index (χ0) is 7.98. The summed E-state index contributed by atoms with van der Waals surface area (Å²) >= 11 is 0. The summed E-state index contributed by atoms with van der Waals surface area (Å²) in [5.74, 6) is 0. The quantitative estimate of drug-likeness (QED) is 0.481. The zero-order valence-corrected chi connectivity index (χ0v) is 9.25. The number of hydrogen-bond acceptors (Lipinski definition) is 3. The fourth-order valence-electron chi connectivity index (χ4n) is 0.511. The third-order valence-electron chi connectivity index (χ3n) is 0.996. The molecule has 0 amide bonds. The van der Waals surface area contributed by atoms with E-state index >= 15 is 0 Å². The van der Waals surface area contributed by atoms with Crippen molar-refractivity contribution in [2.24, 2.45) is 0 Å². The molecule has 4 N–H and O–H groups in total. The van der Waals surface area contributed by atoms with Crippen LogP contribution in [0.2, 0.25) is 0 Å². The van der Waals surface area contributed by atoms with Gasteiger partial charge < -0.3 is 16.3 Å². The van der Waals surface area contributed by atoms with Gasteiger partial charge in [-0.15, -0.1) is 0 Å². The summed E-state index contributed by atoms with van der Waals surface area (Å²) in [6, 6.07) is 7.25. The number of nitrogens with two attached hydrogens (primary N) is 2. The maximum atomic E-state index is 8.00. The normalized spacial score (nSPS) is 6.91. The van der Waals surface area contributed by atoms with E-state index in [1.54, 1.807) is 12.1 Å². The van der Waals surface area contributed by atoms with Crippen LogP contribution in [0, 0.1) is 0 Å². The average molecular weight is 204 g/mol. The Morgan fingerprint density at radius 3 is 1.45 bits per heavy atom. The number of hydrogen-bond donors (Lipinski definition) is 2. The molecule has 0 saturated heterocycles. The van der Waals surface area contributed by atoms with Crippen LogP contribution in [0.25, 0.3) is 0 Å². The molecular weight excluding hydrogens is 193 g/mol. The van der Waals surface area contributed by atoms with E-state index in [2.05, 4.69) is 0 Å². The second kappa shape index (κ2) is 7.22. The Kier molecular flexibility index (Phi) is 8.38. The standard InChI is InChI=1S/C6H8N2.CH2O.Zn/c7-5-3-1-2-4-6(5)8;1-2;/h1-4H,7-8H2;1H2;. The number of para-hydroxylation sites is 2. The maximum Gasteiger partial charge on any atom is 0.106 e. The molecule has 0 heterocycles. The Labute approximate surface area is 78.5 Å². The Balaban J connectivity index is 0. The van der Waals surface area contributed by atoms with Crippen molar-refractivity contribution in [3.63, 3.8) is 0 Å². The van der Waals surface area contributed by atoms with E-state index in [1.165, 1.54) is 0 Å². The molecule has 0 aromatic heterocycles. The largest absolute Gasteiger partial charge is 0.397 e. The molecule has 0 radical (unpaired) electrons. The molecule has 0 aliphatic heterocycles. The molecule has 3 nitrogen and oxygen atoms in total. The van der Waals surface area contributed by atoms with Crippen molar-refractivity contribution in [1.82, 2.24) is 0 Å². The van der Waals surface area contributed by atoms with Crippen molar-refractivity contribution in [3.05, 3.63) is 24.3 Å². The fourth-order valence-corrected chi connectivity index (χ4v) is 0.511. The van der Waals surface area contributed by atoms with Gasteiger partial charge in [0.15, 0.2) is 0 Å². The molecule has 0 bridgehead atoms. The number of carbonyl (C=O) groups excluding carboxylic acids is 1. The van der Waals surface area contributed by atoms with Gasteiger partial charge in [0.1, 0.15) is 6.79 Å². The summed E-state index contributed by atoms with van der Waals surface area (Å²) < 4.78 is 0. The Morgan fingerprint density at radius 1 is 1.00 bits per heavy atom. The van der Waals surface area contributed by atoms with Gasteiger partial charge in [-0.1, -0.05) is 12.1 Å². The van der Waals surface area contributed by atoms with Crippen LogP contribution in [0.15, 0.2) is 24.3 Å². The van der Waals surface area contributed by atoms with Crippen molar-refractivity contribution in [2.45, 2.75) is 0 Å². The minimum absolute atomic E-state index is 0. The molecule has 0 saturated carbocycles. The topological polar surface area (TPSA) is 69.1 Å². The SMILES string of the molecule is C=O.Nc1ccccc1N.[Zn]. The molecule has 0 fully saturated rings. The molecule has 4 heteroatoms. The van der Waals surface area contributed by atoms with Gasteiger partial charge >= 0.3 is 0 Å². The maximum absolute atomic E-state index is 8.00. The van der Waals surface area contributed by atoms with E-state index in [4.69, 9.17) is 16.3 Å². The van der Waals surface area contributed by atoms with Crippen molar-refractivity contribution in [3.8, 4) is 0 Å². The van der Waals surface area contributed by atoms with Gasteiger partial charge in [-0.05, 0) is 12.1 Å². The molecule has 1 aromatic carbocycles. The van der Waals surface area contributed by atoms with Crippen LogP contribution in [0.5, 0.6) is 0 Å². The van der Waals surface area contributed by atoms with Gasteiger partial charge in [0.25, 0.3) is 0 Å². The van der Waals surface area contributed by atoms with Crippen molar-refractivity contribution in [1.29, 1.82) is 0 Å². The second-order valence-corrected chi connectivity index (χ2v) is 1.63. The summed E-state index contributed by atoms with van der Waals surface area (Å²) in [7, 11) is 0. The van der Waals surface area contributed by atoms with E-state index in [1.807, 2.05) is 18.9 Å². The van der Waals surface area contributed by atoms with Crippen molar-refractivity contribution >= 4 is 18.2 Å². The van der Waals surface area contributed by atoms with E-state index in [9.17, 15) is 0 Å². The van der Waals surface area contributed by atoms with Crippen LogP contribution in [0.1, 0.15) is 0 Å². The minimum Gasteiger partial charge on any atom is -0.397 e. The van der Waals surface area contributed by atoms with Gasteiger partial charge in [-0.3, -0.25) is 0 Å². The summed E-state index contributed by atoms with van der Waals surface area (Å²) in [6.45, 7) is 2.00. The Bertz CT molecular complexity index is 184. The van der Waals surface area contributed by atoms with E-state index in [-0.39, 0.29) is 19.5 Å². The minimum atomic E-state index is 0.